The Balaban J connectivity index is 1.67. The molecule has 3 rings (SSSR count). The van der Waals surface area contributed by atoms with Crippen LogP contribution >= 0.6 is 0 Å². The van der Waals surface area contributed by atoms with Crippen molar-refractivity contribution >= 4 is 38.6 Å². The monoisotopic (exact) mass is 485 g/mol. The Labute approximate surface area is 195 Å². The number of hydrogen-bond donors (Lipinski definition) is 5. The van der Waals surface area contributed by atoms with Gasteiger partial charge in [0, 0.05) is 30.2 Å². The number of anilines is 1. The number of sulfonamides is 1. The number of aromatic nitrogens is 1. The molecule has 2 amide bonds. The van der Waals surface area contributed by atoms with Crippen LogP contribution in [0.15, 0.2) is 47.5 Å². The number of nitriles is 1. The van der Waals surface area contributed by atoms with Gasteiger partial charge in [0.2, 0.25) is 0 Å². The molecule has 0 saturated carbocycles. The zero-order valence-corrected chi connectivity index (χ0v) is 19.0. The van der Waals surface area contributed by atoms with Gasteiger partial charge in [-0.15, -0.1) is 0 Å². The number of nitrogens with zero attached hydrogens (tertiary/aromatic N) is 1. The number of fused-ring (bicyclic) bond motifs is 1. The van der Waals surface area contributed by atoms with Gasteiger partial charge in [0.05, 0.1) is 34.9 Å². The van der Waals surface area contributed by atoms with Crippen LogP contribution in [0.1, 0.15) is 21.5 Å². The van der Waals surface area contributed by atoms with E-state index in [0.29, 0.717) is 16.5 Å². The predicted molar refractivity (Wildman–Crippen MR) is 124 cm³/mol. The molecule has 0 fully saturated rings. The van der Waals surface area contributed by atoms with Crippen molar-refractivity contribution in [2.24, 2.45) is 0 Å². The Bertz CT molecular complexity index is 1360. The summed E-state index contributed by atoms with van der Waals surface area (Å²) in [5, 5.41) is 23.2. The third-order valence-corrected chi connectivity index (χ3v) is 6.23. The highest BCUT2D eigenvalue weighted by atomic mass is 32.2. The Morgan fingerprint density at radius 2 is 1.88 bits per heavy atom. The van der Waals surface area contributed by atoms with Gasteiger partial charge in [-0.1, -0.05) is 12.1 Å². The number of rotatable bonds is 10. The van der Waals surface area contributed by atoms with Crippen LogP contribution in [0.4, 0.5) is 10.5 Å². The first-order chi connectivity index (χ1) is 16.2. The number of ether oxygens (including phenoxy) is 1. The van der Waals surface area contributed by atoms with Crippen molar-refractivity contribution in [2.45, 2.75) is 11.8 Å². The molecule has 0 unspecified atom stereocenters. The summed E-state index contributed by atoms with van der Waals surface area (Å²) in [5.41, 5.74) is 2.17. The number of carbonyl (C=O) groups is 2. The smallest absolute Gasteiger partial charge is 0.404 e. The maximum absolute atomic E-state index is 13.0. The Kier molecular flexibility index (Phi) is 7.72. The maximum atomic E-state index is 13.0. The molecule has 1 heterocycles. The van der Waals surface area contributed by atoms with Crippen LogP contribution in [0, 0.1) is 18.3 Å². The average Bonchev–Trinajstić information content (AvgIpc) is 3.25. The number of aryl methyl sites for hydroxylation is 1. The first-order valence-corrected chi connectivity index (χ1v) is 11.7. The second-order valence-corrected chi connectivity index (χ2v) is 8.91. The second kappa shape index (κ2) is 10.7. The number of carbonyl (C=O) groups excluding carboxylic acids is 1. The quantitative estimate of drug-likeness (QED) is 0.274. The molecule has 0 saturated heterocycles. The van der Waals surface area contributed by atoms with Gasteiger partial charge in [-0.3, -0.25) is 9.52 Å². The minimum absolute atomic E-state index is 0.100. The summed E-state index contributed by atoms with van der Waals surface area (Å²) in [7, 11) is -4.03. The number of carboxylic acid groups (broad SMARTS) is 1. The summed E-state index contributed by atoms with van der Waals surface area (Å²) in [4.78, 5) is 25.6. The molecule has 178 valence electrons. The lowest BCUT2D eigenvalue weighted by Gasteiger charge is -2.12. The van der Waals surface area contributed by atoms with Crippen LogP contribution in [0.5, 0.6) is 0 Å². The first-order valence-electron chi connectivity index (χ1n) is 10.2. The standard InChI is InChI=1S/C22H23N5O6S/c1-14-5-6-18(20-19(14)16(12-23)13-26-20)27-34(31,32)17-4-2-3-15(11-17)21(28)24-7-9-33-10-8-25-22(29)30/h2-6,11,13,25-27H,7-10H2,1H3,(H,24,28)(H,29,30). The fraction of sp³-hybridized carbons (Fsp3) is 0.227. The highest BCUT2D eigenvalue weighted by Gasteiger charge is 2.19. The fourth-order valence-corrected chi connectivity index (χ4v) is 4.39. The molecule has 0 aliphatic rings. The molecule has 2 aromatic carbocycles. The zero-order valence-electron chi connectivity index (χ0n) is 18.2. The molecule has 0 spiro atoms. The molecule has 0 aliphatic carbocycles. The van der Waals surface area contributed by atoms with E-state index in [0.717, 1.165) is 5.56 Å². The predicted octanol–water partition coefficient (Wildman–Crippen LogP) is 2.16. The molecular weight excluding hydrogens is 462 g/mol. The van der Waals surface area contributed by atoms with Gasteiger partial charge in [-0.2, -0.15) is 5.26 Å². The summed E-state index contributed by atoms with van der Waals surface area (Å²) >= 11 is 0. The maximum Gasteiger partial charge on any atom is 0.404 e. The SMILES string of the molecule is Cc1ccc(NS(=O)(=O)c2cccc(C(=O)NCCOCCNC(=O)O)c2)c2[nH]cc(C#N)c12. The van der Waals surface area contributed by atoms with Crippen LogP contribution in [0.2, 0.25) is 0 Å². The van der Waals surface area contributed by atoms with Gasteiger partial charge in [-0.05, 0) is 36.8 Å². The van der Waals surface area contributed by atoms with E-state index in [1.807, 2.05) is 6.92 Å². The molecule has 5 N–H and O–H groups in total. The lowest BCUT2D eigenvalue weighted by atomic mass is 10.1. The van der Waals surface area contributed by atoms with Crippen molar-refractivity contribution in [3.8, 4) is 6.07 Å². The van der Waals surface area contributed by atoms with E-state index in [2.05, 4.69) is 26.4 Å². The van der Waals surface area contributed by atoms with Gasteiger partial charge in [0.25, 0.3) is 15.9 Å². The van der Waals surface area contributed by atoms with Crippen LogP contribution < -0.4 is 15.4 Å². The fourth-order valence-electron chi connectivity index (χ4n) is 3.27. The summed E-state index contributed by atoms with van der Waals surface area (Å²) in [6.07, 6.45) is 0.375. The summed E-state index contributed by atoms with van der Waals surface area (Å²) in [6, 6.07) is 11.0. The van der Waals surface area contributed by atoms with Crippen LogP contribution in [-0.2, 0) is 14.8 Å². The minimum Gasteiger partial charge on any atom is -0.465 e. The molecule has 1 aromatic heterocycles. The van der Waals surface area contributed by atoms with E-state index in [1.54, 1.807) is 12.1 Å². The van der Waals surface area contributed by atoms with E-state index >= 15 is 0 Å². The summed E-state index contributed by atoms with van der Waals surface area (Å²) < 4.78 is 33.7. The van der Waals surface area contributed by atoms with Crippen molar-refractivity contribution < 1.29 is 27.9 Å². The van der Waals surface area contributed by atoms with Crippen molar-refractivity contribution in [1.29, 1.82) is 5.26 Å². The van der Waals surface area contributed by atoms with Gasteiger partial charge >= 0.3 is 6.09 Å². The average molecular weight is 486 g/mol. The Hall–Kier alpha value is -4.08. The van der Waals surface area contributed by atoms with E-state index in [-0.39, 0.29) is 42.4 Å². The Morgan fingerprint density at radius 1 is 1.15 bits per heavy atom. The molecule has 3 aromatic rings. The van der Waals surface area contributed by atoms with Gasteiger partial charge in [0.15, 0.2) is 0 Å². The molecule has 34 heavy (non-hydrogen) atoms. The van der Waals surface area contributed by atoms with Crippen molar-refractivity contribution in [2.75, 3.05) is 31.0 Å². The summed E-state index contributed by atoms with van der Waals surface area (Å²) in [6.45, 7) is 2.44. The number of H-pyrrole nitrogens is 1. The van der Waals surface area contributed by atoms with Gasteiger partial charge < -0.3 is 25.5 Å². The molecule has 11 nitrogen and oxygen atoms in total. The number of aromatic amines is 1. The highest BCUT2D eigenvalue weighted by Crippen LogP contribution is 2.30. The second-order valence-electron chi connectivity index (χ2n) is 7.23. The third kappa shape index (κ3) is 5.83. The molecule has 12 heteroatoms. The van der Waals surface area contributed by atoms with Crippen molar-refractivity contribution in [1.82, 2.24) is 15.6 Å². The van der Waals surface area contributed by atoms with Crippen molar-refractivity contribution in [3.63, 3.8) is 0 Å². The number of hydrogen-bond acceptors (Lipinski definition) is 6. The molecule has 0 radical (unpaired) electrons. The first kappa shape index (κ1) is 24.6. The van der Waals surface area contributed by atoms with Crippen LogP contribution in [-0.4, -0.2) is 56.8 Å². The summed E-state index contributed by atoms with van der Waals surface area (Å²) in [5.74, 6) is -0.481. The van der Waals surface area contributed by atoms with Gasteiger partial charge in [0.1, 0.15) is 6.07 Å². The highest BCUT2D eigenvalue weighted by molar-refractivity contribution is 7.92. The zero-order chi connectivity index (χ0) is 24.7. The Morgan fingerprint density at radius 3 is 2.59 bits per heavy atom. The number of benzene rings is 2. The van der Waals surface area contributed by atoms with Crippen LogP contribution in [0.3, 0.4) is 0 Å². The molecule has 0 aliphatic heterocycles. The molecule has 0 bridgehead atoms. The van der Waals surface area contributed by atoms with E-state index in [1.165, 1.54) is 30.5 Å². The van der Waals surface area contributed by atoms with E-state index in [4.69, 9.17) is 9.84 Å². The molecule has 0 atom stereocenters. The lowest BCUT2D eigenvalue weighted by molar-refractivity contribution is 0.0916. The van der Waals surface area contributed by atoms with E-state index < -0.39 is 22.0 Å². The molecular formula is C22H23N5O6S. The van der Waals surface area contributed by atoms with Crippen LogP contribution in [0.25, 0.3) is 10.9 Å². The minimum atomic E-state index is -4.03. The van der Waals surface area contributed by atoms with Gasteiger partial charge in [-0.25, -0.2) is 13.2 Å². The third-order valence-electron chi connectivity index (χ3n) is 4.87. The lowest BCUT2D eigenvalue weighted by Crippen LogP contribution is -2.29. The normalized spacial score (nSPS) is 11.1. The number of nitrogens with one attached hydrogen (secondary N) is 4. The number of amides is 2. The van der Waals surface area contributed by atoms with Crippen molar-refractivity contribution in [3.05, 3.63) is 59.3 Å². The van der Waals surface area contributed by atoms with E-state index in [9.17, 15) is 23.3 Å². The topological polar surface area (TPSA) is 173 Å². The largest absolute Gasteiger partial charge is 0.465 e.